The van der Waals surface area contributed by atoms with E-state index in [-0.39, 0.29) is 26.1 Å². The molecule has 11 nitrogen and oxygen atoms in total. The van der Waals surface area contributed by atoms with Gasteiger partial charge in [0.2, 0.25) is 0 Å². The largest absolute Gasteiger partial charge is 0.472 e. The van der Waals surface area contributed by atoms with Gasteiger partial charge in [-0.1, -0.05) is 180 Å². The first-order chi connectivity index (χ1) is 28.8. The Morgan fingerprint density at radius 2 is 1.02 bits per heavy atom. The second-order valence-corrected chi connectivity index (χ2v) is 19.6. The Hall–Kier alpha value is -1.33. The van der Waals surface area contributed by atoms with E-state index in [9.17, 15) is 29.3 Å². The Morgan fingerprint density at radius 1 is 0.567 bits per heavy atom. The number of likely N-dealkylation sites (N-methyl/N-ethyl adjacent to an activating group) is 1. The molecule has 60 heavy (non-hydrogen) atoms. The lowest BCUT2D eigenvalue weighted by Gasteiger charge is -2.24. The molecule has 0 aromatic heterocycles. The Bertz CT molecular complexity index is 1070. The molecule has 1 unspecified atom stereocenters. The molecule has 0 aliphatic carbocycles. The molecular weight excluding hydrogens is 781 g/mol. The lowest BCUT2D eigenvalue weighted by molar-refractivity contribution is -0.870. The standard InChI is InChI=1S/C48H94NO10P/c1-6-8-10-12-14-15-16-17-18-19-20-21-22-23-24-25-26-30-34-38-47(52)56-42-44(43-58-60(54,55)57-41-40-49(3,4)5)59-48(53)39-35-31-27-29-33-37-46(51)45(50)36-32-28-13-11-9-7-2/h28,32,44-46,50-51H,6-27,29-31,33-43H2,1-5H3/p+1/b32-28-/t44-,45+,46+/m1/s1. The Morgan fingerprint density at radius 3 is 1.52 bits per heavy atom. The molecule has 3 N–H and O–H groups in total. The molecule has 0 radical (unpaired) electrons. The van der Waals surface area contributed by atoms with Crippen molar-refractivity contribution in [3.05, 3.63) is 12.2 Å². The van der Waals surface area contributed by atoms with E-state index >= 15 is 0 Å². The summed E-state index contributed by atoms with van der Waals surface area (Å²) >= 11 is 0. The number of hydrogen-bond donors (Lipinski definition) is 3. The summed E-state index contributed by atoms with van der Waals surface area (Å²) in [5, 5.41) is 20.5. The van der Waals surface area contributed by atoms with E-state index in [0.717, 1.165) is 57.8 Å². The van der Waals surface area contributed by atoms with Gasteiger partial charge in [0.25, 0.3) is 0 Å². The van der Waals surface area contributed by atoms with Crippen LogP contribution in [0.5, 0.6) is 0 Å². The molecule has 0 amide bonds. The van der Waals surface area contributed by atoms with Crippen molar-refractivity contribution in [3.63, 3.8) is 0 Å². The summed E-state index contributed by atoms with van der Waals surface area (Å²) in [4.78, 5) is 35.5. The fraction of sp³-hybridized carbons (Fsp3) is 0.917. The number of ether oxygens (including phenoxy) is 2. The van der Waals surface area contributed by atoms with Crippen molar-refractivity contribution in [2.45, 2.75) is 238 Å². The third-order valence-electron chi connectivity index (χ3n) is 11.0. The van der Waals surface area contributed by atoms with Crippen LogP contribution in [0.4, 0.5) is 0 Å². The molecule has 12 heteroatoms. The molecule has 0 aromatic carbocycles. The molecule has 356 valence electrons. The van der Waals surface area contributed by atoms with Crippen molar-refractivity contribution in [1.82, 2.24) is 0 Å². The molecule has 0 bridgehead atoms. The van der Waals surface area contributed by atoms with E-state index in [1.54, 1.807) is 0 Å². The minimum absolute atomic E-state index is 0.00619. The van der Waals surface area contributed by atoms with Crippen LogP contribution in [0.15, 0.2) is 12.2 Å². The number of hydrogen-bond acceptors (Lipinski definition) is 9. The quantitative estimate of drug-likeness (QED) is 0.0177. The van der Waals surface area contributed by atoms with Gasteiger partial charge in [0.15, 0.2) is 6.10 Å². The summed E-state index contributed by atoms with van der Waals surface area (Å²) in [6, 6.07) is 0. The van der Waals surface area contributed by atoms with Crippen molar-refractivity contribution < 1.29 is 52.3 Å². The normalized spacial score (nSPS) is 14.6. The Labute approximate surface area is 368 Å². The van der Waals surface area contributed by atoms with Crippen LogP contribution in [0.1, 0.15) is 219 Å². The van der Waals surface area contributed by atoms with E-state index in [1.165, 1.54) is 116 Å². The number of carbonyl (C=O) groups is 2. The predicted molar refractivity (Wildman–Crippen MR) is 246 cm³/mol. The summed E-state index contributed by atoms with van der Waals surface area (Å²) in [5.41, 5.74) is 0. The number of phosphoric acid groups is 1. The fourth-order valence-corrected chi connectivity index (χ4v) is 7.72. The predicted octanol–water partition coefficient (Wildman–Crippen LogP) is 12.1. The van der Waals surface area contributed by atoms with E-state index in [2.05, 4.69) is 19.9 Å². The zero-order chi connectivity index (χ0) is 44.6. The summed E-state index contributed by atoms with van der Waals surface area (Å²) in [5.74, 6) is -0.899. The average Bonchev–Trinajstić information content (AvgIpc) is 3.19. The second-order valence-electron chi connectivity index (χ2n) is 18.2. The number of esters is 2. The Kier molecular flexibility index (Phi) is 39.5. The fourth-order valence-electron chi connectivity index (χ4n) is 6.98. The SMILES string of the molecule is CCCCC/C=C\C[C@H](O)[C@@H](O)CCCCCCCC(=O)O[C@H](COC(=O)CCCCCCCCCCCCCCCCCCCCC)COP(=O)(O)OCC[N+](C)(C)C. The van der Waals surface area contributed by atoms with Gasteiger partial charge in [0.05, 0.1) is 40.0 Å². The van der Waals surface area contributed by atoms with Gasteiger partial charge in [-0.2, -0.15) is 0 Å². The van der Waals surface area contributed by atoms with Crippen LogP contribution in [0.25, 0.3) is 0 Å². The molecular formula is C48H95NO10P+. The van der Waals surface area contributed by atoms with Gasteiger partial charge >= 0.3 is 19.8 Å². The summed E-state index contributed by atoms with van der Waals surface area (Å²) in [7, 11) is 1.39. The van der Waals surface area contributed by atoms with E-state index < -0.39 is 44.7 Å². The van der Waals surface area contributed by atoms with Crippen LogP contribution in [-0.2, 0) is 32.7 Å². The number of quaternary nitrogens is 1. The molecule has 0 heterocycles. The van der Waals surface area contributed by atoms with E-state index in [0.29, 0.717) is 30.3 Å². The summed E-state index contributed by atoms with van der Waals surface area (Å²) in [6.45, 7) is 4.22. The van der Waals surface area contributed by atoms with Gasteiger partial charge in [0, 0.05) is 12.8 Å². The zero-order valence-electron chi connectivity index (χ0n) is 39.4. The summed E-state index contributed by atoms with van der Waals surface area (Å²) in [6.07, 6.45) is 35.6. The van der Waals surface area contributed by atoms with Gasteiger partial charge in [0.1, 0.15) is 19.8 Å². The van der Waals surface area contributed by atoms with Crippen molar-refractivity contribution in [3.8, 4) is 0 Å². The van der Waals surface area contributed by atoms with Crippen LogP contribution in [0.3, 0.4) is 0 Å². The number of carbonyl (C=O) groups excluding carboxylic acids is 2. The number of allylic oxidation sites excluding steroid dienone is 1. The summed E-state index contributed by atoms with van der Waals surface area (Å²) < 4.78 is 34.3. The van der Waals surface area contributed by atoms with E-state index in [4.69, 9.17) is 18.5 Å². The van der Waals surface area contributed by atoms with Crippen LogP contribution >= 0.6 is 7.82 Å². The van der Waals surface area contributed by atoms with Gasteiger partial charge in [-0.25, -0.2) is 4.57 Å². The van der Waals surface area contributed by atoms with Gasteiger partial charge in [-0.15, -0.1) is 0 Å². The highest BCUT2D eigenvalue weighted by molar-refractivity contribution is 7.47. The molecule has 0 rings (SSSR count). The maximum Gasteiger partial charge on any atom is 0.472 e. The van der Waals surface area contributed by atoms with Crippen molar-refractivity contribution in [1.29, 1.82) is 0 Å². The maximum atomic E-state index is 12.7. The first-order valence-corrected chi connectivity index (χ1v) is 26.1. The minimum Gasteiger partial charge on any atom is -0.462 e. The first kappa shape index (κ1) is 58.7. The third kappa shape index (κ3) is 42.0. The van der Waals surface area contributed by atoms with Crippen LogP contribution < -0.4 is 0 Å². The number of aliphatic hydroxyl groups is 2. The minimum atomic E-state index is -4.41. The number of aliphatic hydroxyl groups excluding tert-OH is 2. The Balaban J connectivity index is 4.35. The number of rotatable bonds is 45. The molecule has 0 aliphatic rings. The van der Waals surface area contributed by atoms with E-state index in [1.807, 2.05) is 27.2 Å². The topological polar surface area (TPSA) is 149 Å². The maximum absolute atomic E-state index is 12.7. The monoisotopic (exact) mass is 877 g/mol. The van der Waals surface area contributed by atoms with Crippen molar-refractivity contribution >= 4 is 19.8 Å². The van der Waals surface area contributed by atoms with Crippen LogP contribution in [0.2, 0.25) is 0 Å². The molecule has 0 aliphatic heterocycles. The van der Waals surface area contributed by atoms with Gasteiger partial charge in [-0.05, 0) is 38.5 Å². The van der Waals surface area contributed by atoms with Gasteiger partial charge in [-0.3, -0.25) is 18.6 Å². The van der Waals surface area contributed by atoms with Crippen molar-refractivity contribution in [2.24, 2.45) is 0 Å². The molecule has 0 spiro atoms. The van der Waals surface area contributed by atoms with Crippen molar-refractivity contribution in [2.75, 3.05) is 47.5 Å². The highest BCUT2D eigenvalue weighted by Crippen LogP contribution is 2.43. The molecule has 0 aromatic rings. The lowest BCUT2D eigenvalue weighted by Crippen LogP contribution is -2.37. The third-order valence-corrected chi connectivity index (χ3v) is 12.0. The molecule has 4 atom stereocenters. The zero-order valence-corrected chi connectivity index (χ0v) is 40.3. The second kappa shape index (κ2) is 40.4. The van der Waals surface area contributed by atoms with Gasteiger partial charge < -0.3 is 29.1 Å². The molecule has 0 fully saturated rings. The number of phosphoric ester groups is 1. The van der Waals surface area contributed by atoms with Crippen LogP contribution in [0, 0.1) is 0 Å². The highest BCUT2D eigenvalue weighted by Gasteiger charge is 2.27. The van der Waals surface area contributed by atoms with Crippen LogP contribution in [-0.4, -0.2) is 97.3 Å². The number of nitrogens with zero attached hydrogens (tertiary/aromatic N) is 1. The first-order valence-electron chi connectivity index (χ1n) is 24.6. The molecule has 0 saturated carbocycles. The average molecular weight is 877 g/mol. The smallest absolute Gasteiger partial charge is 0.462 e. The lowest BCUT2D eigenvalue weighted by atomic mass is 10.0. The highest BCUT2D eigenvalue weighted by atomic mass is 31.2. The molecule has 0 saturated heterocycles. The number of unbranched alkanes of at least 4 members (excludes halogenated alkanes) is 25.